The lowest BCUT2D eigenvalue weighted by atomic mass is 10.1. The first-order valence-corrected chi connectivity index (χ1v) is 7.72. The third kappa shape index (κ3) is 2.45. The molecule has 1 atom stereocenters. The number of imidazole rings is 1. The van der Waals surface area contributed by atoms with Gasteiger partial charge in [-0.25, -0.2) is 9.78 Å². The van der Waals surface area contributed by atoms with E-state index in [0.29, 0.717) is 16.5 Å². The van der Waals surface area contributed by atoms with Crippen LogP contribution in [0.25, 0.3) is 0 Å². The van der Waals surface area contributed by atoms with Crippen LogP contribution in [0.2, 0.25) is 0 Å². The number of hydrogen-bond acceptors (Lipinski definition) is 6. The molecule has 8 heteroatoms. The number of nitrogens with zero attached hydrogens (tertiary/aromatic N) is 3. The summed E-state index contributed by atoms with van der Waals surface area (Å²) >= 11 is 1.47. The maximum atomic E-state index is 11.8. The first-order chi connectivity index (χ1) is 10.6. The number of hydrogen-bond donors (Lipinski definition) is 0. The molecule has 114 valence electrons. The van der Waals surface area contributed by atoms with E-state index in [0.717, 1.165) is 0 Å². The second kappa shape index (κ2) is 5.80. The Balaban J connectivity index is 1.98. The van der Waals surface area contributed by atoms with Gasteiger partial charge in [0.25, 0.3) is 5.69 Å². The zero-order chi connectivity index (χ0) is 15.7. The van der Waals surface area contributed by atoms with Crippen molar-refractivity contribution < 1.29 is 14.5 Å². The average molecular weight is 319 g/mol. The summed E-state index contributed by atoms with van der Waals surface area (Å²) in [6.45, 7) is 2.01. The Morgan fingerprint density at radius 1 is 1.55 bits per heavy atom. The summed E-state index contributed by atoms with van der Waals surface area (Å²) in [5.74, 6) is 0.169. The number of nitro groups is 1. The molecule has 2 heterocycles. The van der Waals surface area contributed by atoms with Crippen molar-refractivity contribution in [3.8, 4) is 0 Å². The molecule has 7 nitrogen and oxygen atoms in total. The van der Waals surface area contributed by atoms with Gasteiger partial charge in [0.15, 0.2) is 10.9 Å². The summed E-state index contributed by atoms with van der Waals surface area (Å²) in [5, 5.41) is 11.9. The van der Waals surface area contributed by atoms with E-state index in [2.05, 4.69) is 4.98 Å². The fourth-order valence-electron chi connectivity index (χ4n) is 2.42. The van der Waals surface area contributed by atoms with Crippen molar-refractivity contribution >= 4 is 23.4 Å². The van der Waals surface area contributed by atoms with Crippen LogP contribution in [0.15, 0.2) is 35.6 Å². The minimum absolute atomic E-state index is 0.0762. The second-order valence-electron chi connectivity index (χ2n) is 4.68. The van der Waals surface area contributed by atoms with Gasteiger partial charge in [0.1, 0.15) is 0 Å². The third-order valence-electron chi connectivity index (χ3n) is 3.38. The molecule has 1 unspecified atom stereocenters. The maximum absolute atomic E-state index is 11.8. The van der Waals surface area contributed by atoms with Crippen molar-refractivity contribution in [3.05, 3.63) is 51.8 Å². The van der Waals surface area contributed by atoms with Crippen LogP contribution in [0.1, 0.15) is 29.0 Å². The van der Waals surface area contributed by atoms with Gasteiger partial charge in [0.2, 0.25) is 0 Å². The first kappa shape index (κ1) is 14.6. The summed E-state index contributed by atoms with van der Waals surface area (Å²) < 4.78 is 6.74. The highest BCUT2D eigenvalue weighted by Gasteiger charge is 2.32. The molecule has 1 aliphatic rings. The summed E-state index contributed by atoms with van der Waals surface area (Å²) in [6, 6.07) is 6.43. The lowest BCUT2D eigenvalue weighted by Crippen LogP contribution is -2.10. The number of carbonyl (C=O) groups is 1. The fourth-order valence-corrected chi connectivity index (χ4v) is 3.56. The normalized spacial score (nSPS) is 16.3. The van der Waals surface area contributed by atoms with Crippen LogP contribution >= 0.6 is 11.8 Å². The van der Waals surface area contributed by atoms with E-state index in [4.69, 9.17) is 4.74 Å². The van der Waals surface area contributed by atoms with Gasteiger partial charge in [-0.15, -0.1) is 0 Å². The number of carbonyl (C=O) groups excluding carboxylic acids is 1. The summed E-state index contributed by atoms with van der Waals surface area (Å²) in [6.07, 6.45) is 1.61. The highest BCUT2D eigenvalue weighted by atomic mass is 32.2. The predicted molar refractivity (Wildman–Crippen MR) is 80.1 cm³/mol. The Bertz CT molecular complexity index is 743. The average Bonchev–Trinajstić information content (AvgIpc) is 3.07. The van der Waals surface area contributed by atoms with E-state index >= 15 is 0 Å². The largest absolute Gasteiger partial charge is 0.461 e. The molecule has 22 heavy (non-hydrogen) atoms. The van der Waals surface area contributed by atoms with Gasteiger partial charge >= 0.3 is 5.97 Å². The molecule has 1 aromatic carbocycles. The number of benzene rings is 1. The molecule has 0 spiro atoms. The Kier molecular flexibility index (Phi) is 3.84. The van der Waals surface area contributed by atoms with Crippen LogP contribution in [0.3, 0.4) is 0 Å². The van der Waals surface area contributed by atoms with Crippen LogP contribution in [0.5, 0.6) is 0 Å². The van der Waals surface area contributed by atoms with E-state index in [9.17, 15) is 14.9 Å². The predicted octanol–water partition coefficient (Wildman–Crippen LogP) is 2.66. The molecule has 0 fully saturated rings. The highest BCUT2D eigenvalue weighted by Crippen LogP contribution is 2.39. The molecule has 0 saturated heterocycles. The smallest absolute Gasteiger partial charge is 0.358 e. The van der Waals surface area contributed by atoms with E-state index < -0.39 is 5.97 Å². The van der Waals surface area contributed by atoms with Gasteiger partial charge < -0.3 is 9.30 Å². The zero-order valence-electron chi connectivity index (χ0n) is 11.8. The zero-order valence-corrected chi connectivity index (χ0v) is 12.6. The third-order valence-corrected chi connectivity index (χ3v) is 4.42. The fraction of sp³-hybridized carbons (Fsp3) is 0.286. The number of rotatable bonds is 4. The number of nitro benzene ring substituents is 1. The Morgan fingerprint density at radius 3 is 3.05 bits per heavy atom. The highest BCUT2D eigenvalue weighted by molar-refractivity contribution is 7.99. The number of thioether (sulfide) groups is 1. The minimum Gasteiger partial charge on any atom is -0.461 e. The molecule has 1 aromatic heterocycles. The quantitative estimate of drug-likeness (QED) is 0.489. The number of para-hydroxylation sites is 1. The molecule has 2 aromatic rings. The van der Waals surface area contributed by atoms with Crippen molar-refractivity contribution in [1.29, 1.82) is 0 Å². The second-order valence-corrected chi connectivity index (χ2v) is 5.67. The van der Waals surface area contributed by atoms with Gasteiger partial charge in [0.05, 0.1) is 23.1 Å². The summed E-state index contributed by atoms with van der Waals surface area (Å²) in [5.41, 5.74) is 0.923. The maximum Gasteiger partial charge on any atom is 0.358 e. The van der Waals surface area contributed by atoms with E-state index in [-0.39, 0.29) is 29.0 Å². The lowest BCUT2D eigenvalue weighted by molar-refractivity contribution is -0.385. The van der Waals surface area contributed by atoms with Crippen LogP contribution in [0, 0.1) is 10.1 Å². The molecule has 0 radical (unpaired) electrons. The Morgan fingerprint density at radius 2 is 2.32 bits per heavy atom. The van der Waals surface area contributed by atoms with Crippen LogP contribution < -0.4 is 0 Å². The van der Waals surface area contributed by atoms with Gasteiger partial charge in [0, 0.05) is 18.0 Å². The standard InChI is InChI=1S/C14H13N3O4S/c1-2-21-13(18)10-7-16-12(8-22-14(16)15-10)9-5-3-4-6-11(9)17(19)20/h3-7,12H,2,8H2,1H3. The van der Waals surface area contributed by atoms with Gasteiger partial charge in [-0.3, -0.25) is 10.1 Å². The number of aromatic nitrogens is 2. The molecule has 0 N–H and O–H groups in total. The van der Waals surface area contributed by atoms with E-state index in [1.807, 2.05) is 0 Å². The molecule has 0 bridgehead atoms. The van der Waals surface area contributed by atoms with Crippen LogP contribution in [-0.2, 0) is 4.74 Å². The van der Waals surface area contributed by atoms with Crippen LogP contribution in [0.4, 0.5) is 5.69 Å². The monoisotopic (exact) mass is 319 g/mol. The first-order valence-electron chi connectivity index (χ1n) is 6.74. The summed E-state index contributed by atoms with van der Waals surface area (Å²) in [7, 11) is 0. The van der Waals surface area contributed by atoms with Crippen molar-refractivity contribution in [2.45, 2.75) is 18.1 Å². The SMILES string of the molecule is CCOC(=O)c1cn2c(n1)SCC2c1ccccc1[N+](=O)[O-]. The lowest BCUT2D eigenvalue weighted by Gasteiger charge is -2.12. The Labute approximate surface area is 130 Å². The van der Waals surface area contributed by atoms with Gasteiger partial charge in [-0.05, 0) is 6.92 Å². The molecule has 3 rings (SSSR count). The molecule has 1 aliphatic heterocycles. The molecule has 0 saturated carbocycles. The Hall–Kier alpha value is -2.35. The van der Waals surface area contributed by atoms with Crippen molar-refractivity contribution in [2.24, 2.45) is 0 Å². The van der Waals surface area contributed by atoms with Crippen LogP contribution in [-0.4, -0.2) is 32.8 Å². The van der Waals surface area contributed by atoms with Gasteiger partial charge in [-0.1, -0.05) is 30.0 Å². The van der Waals surface area contributed by atoms with Crippen molar-refractivity contribution in [3.63, 3.8) is 0 Å². The number of ether oxygens (including phenoxy) is 1. The topological polar surface area (TPSA) is 87.3 Å². The number of fused-ring (bicyclic) bond motifs is 1. The van der Waals surface area contributed by atoms with Crippen molar-refractivity contribution in [1.82, 2.24) is 9.55 Å². The minimum atomic E-state index is -0.480. The van der Waals surface area contributed by atoms with Gasteiger partial charge in [-0.2, -0.15) is 0 Å². The molecule has 0 aliphatic carbocycles. The van der Waals surface area contributed by atoms with Crippen molar-refractivity contribution in [2.75, 3.05) is 12.4 Å². The summed E-state index contributed by atoms with van der Waals surface area (Å²) in [4.78, 5) is 26.8. The molecular weight excluding hydrogens is 306 g/mol. The molecule has 0 amide bonds. The van der Waals surface area contributed by atoms with E-state index in [1.165, 1.54) is 17.8 Å². The van der Waals surface area contributed by atoms with E-state index in [1.54, 1.807) is 35.9 Å². The number of esters is 1. The molecular formula is C14H13N3O4S.